The van der Waals surface area contributed by atoms with Gasteiger partial charge in [-0.2, -0.15) is 0 Å². The molecular weight excluding hydrogens is 250 g/mol. The Morgan fingerprint density at radius 1 is 1.32 bits per heavy atom. The van der Waals surface area contributed by atoms with Crippen LogP contribution >= 0.6 is 0 Å². The molecule has 19 heavy (non-hydrogen) atoms. The number of ether oxygens (including phenoxy) is 2. The zero-order valence-electron chi connectivity index (χ0n) is 11.9. The lowest BCUT2D eigenvalue weighted by Gasteiger charge is -2.47. The Bertz CT molecular complexity index is 366. The third-order valence-corrected chi connectivity index (χ3v) is 3.00. The van der Waals surface area contributed by atoms with Gasteiger partial charge in [-0.15, -0.1) is 0 Å². The fourth-order valence-corrected chi connectivity index (χ4v) is 2.08. The largest absolute Gasteiger partial charge is 0.468 e. The van der Waals surface area contributed by atoms with E-state index in [9.17, 15) is 14.4 Å². The van der Waals surface area contributed by atoms with Crippen LogP contribution < -0.4 is 0 Å². The zero-order valence-corrected chi connectivity index (χ0v) is 11.9. The molecule has 0 aromatic heterocycles. The third kappa shape index (κ3) is 3.68. The number of esters is 1. The van der Waals surface area contributed by atoms with E-state index in [1.165, 1.54) is 12.0 Å². The van der Waals surface area contributed by atoms with Crippen LogP contribution in [0.3, 0.4) is 0 Å². The first-order chi connectivity index (χ1) is 8.74. The Kier molecular flexibility index (Phi) is 4.55. The number of methoxy groups -OCH3 is 1. The molecule has 6 heteroatoms. The average Bonchev–Trinajstić information content (AvgIpc) is 2.24. The summed E-state index contributed by atoms with van der Waals surface area (Å²) in [6.45, 7) is 5.82. The smallest absolute Gasteiger partial charge is 0.410 e. The first-order valence-electron chi connectivity index (χ1n) is 6.24. The van der Waals surface area contributed by atoms with Crippen LogP contribution in [-0.4, -0.2) is 49.0 Å². The highest BCUT2D eigenvalue weighted by atomic mass is 16.6. The summed E-state index contributed by atoms with van der Waals surface area (Å²) in [6, 6.07) is 0. The summed E-state index contributed by atoms with van der Waals surface area (Å²) in [5, 5.41) is 0. The van der Waals surface area contributed by atoms with Gasteiger partial charge in [0, 0.05) is 19.5 Å². The predicted octanol–water partition coefficient (Wildman–Crippen LogP) is 1.38. The van der Waals surface area contributed by atoms with Gasteiger partial charge in [-0.25, -0.2) is 4.79 Å². The van der Waals surface area contributed by atoms with Crippen molar-refractivity contribution in [3.05, 3.63) is 0 Å². The quantitative estimate of drug-likeness (QED) is 0.570. The van der Waals surface area contributed by atoms with E-state index in [1.54, 1.807) is 20.8 Å². The second kappa shape index (κ2) is 5.59. The molecule has 0 saturated carbocycles. The second-order valence-corrected chi connectivity index (χ2v) is 5.81. The number of carbonyl (C=O) groups is 3. The van der Waals surface area contributed by atoms with E-state index in [4.69, 9.17) is 9.47 Å². The van der Waals surface area contributed by atoms with E-state index in [1.807, 2.05) is 0 Å². The van der Waals surface area contributed by atoms with Crippen LogP contribution in [0.4, 0.5) is 4.79 Å². The van der Waals surface area contributed by atoms with Crippen molar-refractivity contribution in [1.82, 2.24) is 4.90 Å². The summed E-state index contributed by atoms with van der Waals surface area (Å²) in [7, 11) is 1.31. The van der Waals surface area contributed by atoms with E-state index in [0.717, 1.165) is 6.29 Å². The minimum absolute atomic E-state index is 0.239. The standard InChI is InChI=1S/C13H21NO5/c1-12(2,3)19-11(17)14-8-13(9-14,6-5-7-15)10(16)18-4/h7H,5-6,8-9H2,1-4H3. The minimum Gasteiger partial charge on any atom is -0.468 e. The Morgan fingerprint density at radius 3 is 2.32 bits per heavy atom. The van der Waals surface area contributed by atoms with Crippen LogP contribution in [0, 0.1) is 5.41 Å². The van der Waals surface area contributed by atoms with Gasteiger partial charge in [0.2, 0.25) is 0 Å². The molecule has 0 aliphatic carbocycles. The van der Waals surface area contributed by atoms with E-state index >= 15 is 0 Å². The molecule has 1 aliphatic rings. The van der Waals surface area contributed by atoms with Crippen molar-refractivity contribution in [3.63, 3.8) is 0 Å². The number of amides is 1. The van der Waals surface area contributed by atoms with Gasteiger partial charge in [0.25, 0.3) is 0 Å². The highest BCUT2D eigenvalue weighted by Crippen LogP contribution is 2.37. The van der Waals surface area contributed by atoms with Crippen molar-refractivity contribution in [2.75, 3.05) is 20.2 Å². The summed E-state index contributed by atoms with van der Waals surface area (Å²) >= 11 is 0. The van der Waals surface area contributed by atoms with Crippen molar-refractivity contribution in [1.29, 1.82) is 0 Å². The van der Waals surface area contributed by atoms with E-state index in [-0.39, 0.29) is 25.5 Å². The molecule has 6 nitrogen and oxygen atoms in total. The second-order valence-electron chi connectivity index (χ2n) is 5.81. The molecule has 1 amide bonds. The van der Waals surface area contributed by atoms with E-state index < -0.39 is 17.1 Å². The summed E-state index contributed by atoms with van der Waals surface area (Å²) in [6.07, 6.45) is 0.985. The molecule has 0 spiro atoms. The number of hydrogen-bond donors (Lipinski definition) is 0. The van der Waals surface area contributed by atoms with Crippen LogP contribution in [0.1, 0.15) is 33.6 Å². The number of hydrogen-bond acceptors (Lipinski definition) is 5. The molecule has 0 N–H and O–H groups in total. The average molecular weight is 271 g/mol. The minimum atomic E-state index is -0.757. The Hall–Kier alpha value is -1.59. The SMILES string of the molecule is COC(=O)C1(CCC=O)CN(C(=O)OC(C)(C)C)C1. The van der Waals surface area contributed by atoms with Gasteiger partial charge in [0.1, 0.15) is 17.3 Å². The molecule has 1 saturated heterocycles. The summed E-state index contributed by atoms with van der Waals surface area (Å²) < 4.78 is 9.97. The lowest BCUT2D eigenvalue weighted by Crippen LogP contribution is -2.63. The van der Waals surface area contributed by atoms with Crippen LogP contribution in [0.5, 0.6) is 0 Å². The van der Waals surface area contributed by atoms with Gasteiger partial charge in [-0.05, 0) is 27.2 Å². The molecule has 0 aromatic carbocycles. The number of likely N-dealkylation sites (tertiary alicyclic amines) is 1. The van der Waals surface area contributed by atoms with Crippen molar-refractivity contribution in [3.8, 4) is 0 Å². The summed E-state index contributed by atoms with van der Waals surface area (Å²) in [5.74, 6) is -0.380. The van der Waals surface area contributed by atoms with Crippen LogP contribution in [-0.2, 0) is 19.1 Å². The maximum atomic E-state index is 11.8. The maximum Gasteiger partial charge on any atom is 0.410 e. The lowest BCUT2D eigenvalue weighted by molar-refractivity contribution is -0.164. The first kappa shape index (κ1) is 15.5. The van der Waals surface area contributed by atoms with Crippen molar-refractivity contribution in [2.45, 2.75) is 39.2 Å². The number of carbonyl (C=O) groups excluding carboxylic acids is 3. The summed E-state index contributed by atoms with van der Waals surface area (Å²) in [4.78, 5) is 35.5. The normalized spacial score (nSPS) is 17.4. The van der Waals surface area contributed by atoms with Gasteiger partial charge in [0.05, 0.1) is 7.11 Å². The Labute approximate surface area is 113 Å². The number of aldehydes is 1. The Morgan fingerprint density at radius 2 is 1.89 bits per heavy atom. The van der Waals surface area contributed by atoms with Crippen LogP contribution in [0.25, 0.3) is 0 Å². The number of nitrogens with zero attached hydrogens (tertiary/aromatic N) is 1. The molecular formula is C13H21NO5. The van der Waals surface area contributed by atoms with Crippen molar-refractivity contribution in [2.24, 2.45) is 5.41 Å². The van der Waals surface area contributed by atoms with Crippen molar-refractivity contribution < 1.29 is 23.9 Å². The zero-order chi connectivity index (χ0) is 14.7. The maximum absolute atomic E-state index is 11.8. The van der Waals surface area contributed by atoms with E-state index in [0.29, 0.717) is 6.42 Å². The molecule has 1 fully saturated rings. The molecule has 0 aromatic rings. The first-order valence-corrected chi connectivity index (χ1v) is 6.24. The molecule has 0 radical (unpaired) electrons. The topological polar surface area (TPSA) is 72.9 Å². The lowest BCUT2D eigenvalue weighted by atomic mass is 9.76. The number of rotatable bonds is 4. The summed E-state index contributed by atoms with van der Waals surface area (Å²) in [5.41, 5.74) is -1.32. The molecule has 0 atom stereocenters. The van der Waals surface area contributed by atoms with Gasteiger partial charge in [-0.1, -0.05) is 0 Å². The van der Waals surface area contributed by atoms with Crippen LogP contribution in [0.2, 0.25) is 0 Å². The molecule has 0 bridgehead atoms. The van der Waals surface area contributed by atoms with Crippen LogP contribution in [0.15, 0.2) is 0 Å². The third-order valence-electron chi connectivity index (χ3n) is 3.00. The highest BCUT2D eigenvalue weighted by molar-refractivity contribution is 5.82. The molecule has 1 heterocycles. The molecule has 108 valence electrons. The van der Waals surface area contributed by atoms with Gasteiger partial charge >= 0.3 is 12.1 Å². The predicted molar refractivity (Wildman–Crippen MR) is 67.6 cm³/mol. The molecule has 0 unspecified atom stereocenters. The van der Waals surface area contributed by atoms with E-state index in [2.05, 4.69) is 0 Å². The van der Waals surface area contributed by atoms with Gasteiger partial charge in [0.15, 0.2) is 0 Å². The fraction of sp³-hybridized carbons (Fsp3) is 0.769. The molecule has 1 rings (SSSR count). The highest BCUT2D eigenvalue weighted by Gasteiger charge is 2.52. The Balaban J connectivity index is 2.61. The monoisotopic (exact) mass is 271 g/mol. The van der Waals surface area contributed by atoms with Crippen molar-refractivity contribution >= 4 is 18.3 Å². The fourth-order valence-electron chi connectivity index (χ4n) is 2.08. The van der Waals surface area contributed by atoms with Gasteiger partial charge in [-0.3, -0.25) is 4.79 Å². The molecule has 1 aliphatic heterocycles. The van der Waals surface area contributed by atoms with Gasteiger partial charge < -0.3 is 19.2 Å².